The minimum Gasteiger partial charge on any atom is -0.378 e. The van der Waals surface area contributed by atoms with Gasteiger partial charge >= 0.3 is 0 Å². The van der Waals surface area contributed by atoms with Gasteiger partial charge in [-0.1, -0.05) is 12.1 Å². The van der Waals surface area contributed by atoms with Crippen LogP contribution in [0, 0.1) is 17.6 Å². The SMILES string of the molecule is CC1=CC(C2CC2)N(Cc2ccc(F)c(F)c2)C(N2CCOCC2)=C1. The largest absolute Gasteiger partial charge is 0.378 e. The number of ether oxygens (including phenoxy) is 1. The van der Waals surface area contributed by atoms with Crippen LogP contribution in [0.1, 0.15) is 25.3 Å². The Morgan fingerprint density at radius 1 is 1.12 bits per heavy atom. The Balaban J connectivity index is 1.63. The third-order valence-corrected chi connectivity index (χ3v) is 5.22. The van der Waals surface area contributed by atoms with Crippen molar-refractivity contribution in [2.45, 2.75) is 32.4 Å². The van der Waals surface area contributed by atoms with Gasteiger partial charge < -0.3 is 14.5 Å². The van der Waals surface area contributed by atoms with E-state index in [1.165, 1.54) is 36.4 Å². The van der Waals surface area contributed by atoms with Crippen molar-refractivity contribution < 1.29 is 13.5 Å². The number of hydrogen-bond acceptors (Lipinski definition) is 3. The number of hydrogen-bond donors (Lipinski definition) is 0. The monoisotopic (exact) mass is 346 g/mol. The smallest absolute Gasteiger partial charge is 0.159 e. The van der Waals surface area contributed by atoms with Crippen molar-refractivity contribution >= 4 is 0 Å². The van der Waals surface area contributed by atoms with E-state index < -0.39 is 11.6 Å². The Morgan fingerprint density at radius 3 is 2.56 bits per heavy atom. The number of rotatable bonds is 4. The van der Waals surface area contributed by atoms with Gasteiger partial charge in [-0.05, 0) is 55.0 Å². The minimum atomic E-state index is -0.791. The van der Waals surface area contributed by atoms with Crippen molar-refractivity contribution in [2.75, 3.05) is 26.3 Å². The van der Waals surface area contributed by atoms with E-state index >= 15 is 0 Å². The highest BCUT2D eigenvalue weighted by Crippen LogP contribution is 2.41. The first-order valence-corrected chi connectivity index (χ1v) is 9.05. The lowest BCUT2D eigenvalue weighted by Crippen LogP contribution is -2.47. The molecule has 0 N–H and O–H groups in total. The van der Waals surface area contributed by atoms with E-state index in [0.29, 0.717) is 18.5 Å². The highest BCUT2D eigenvalue weighted by atomic mass is 19.2. The molecule has 0 aromatic heterocycles. The van der Waals surface area contributed by atoms with Crippen LogP contribution in [0.2, 0.25) is 0 Å². The zero-order valence-corrected chi connectivity index (χ0v) is 14.5. The zero-order chi connectivity index (χ0) is 17.4. The molecule has 1 aromatic rings. The highest BCUT2D eigenvalue weighted by Gasteiger charge is 2.37. The van der Waals surface area contributed by atoms with Gasteiger partial charge in [-0.3, -0.25) is 0 Å². The average Bonchev–Trinajstić information content (AvgIpc) is 3.45. The Hall–Kier alpha value is -1.88. The van der Waals surface area contributed by atoms with E-state index in [-0.39, 0.29) is 0 Å². The third-order valence-electron chi connectivity index (χ3n) is 5.22. The summed E-state index contributed by atoms with van der Waals surface area (Å²) in [5, 5.41) is 0. The quantitative estimate of drug-likeness (QED) is 0.827. The molecule has 134 valence electrons. The second kappa shape index (κ2) is 6.79. The molecule has 1 atom stereocenters. The third kappa shape index (κ3) is 3.56. The molecule has 3 nitrogen and oxygen atoms in total. The molecule has 0 radical (unpaired) electrons. The fourth-order valence-corrected chi connectivity index (χ4v) is 3.76. The maximum atomic E-state index is 13.7. The lowest BCUT2D eigenvalue weighted by molar-refractivity contribution is 0.0311. The molecule has 1 aromatic carbocycles. The Kier molecular flexibility index (Phi) is 4.50. The molecule has 3 aliphatic rings. The van der Waals surface area contributed by atoms with Gasteiger partial charge in [-0.25, -0.2) is 8.78 Å². The van der Waals surface area contributed by atoms with Gasteiger partial charge in [-0.2, -0.15) is 0 Å². The summed E-state index contributed by atoms with van der Waals surface area (Å²) in [6, 6.07) is 4.56. The zero-order valence-electron chi connectivity index (χ0n) is 14.5. The van der Waals surface area contributed by atoms with Gasteiger partial charge in [0.05, 0.1) is 19.3 Å². The minimum absolute atomic E-state index is 0.330. The standard InChI is InChI=1S/C20H24F2N2O/c1-14-10-19(16-3-4-16)24(13-15-2-5-17(21)18(22)12-15)20(11-14)23-6-8-25-9-7-23/h2,5,10-12,16,19H,3-4,6-9,13H2,1H3. The summed E-state index contributed by atoms with van der Waals surface area (Å²) in [5.41, 5.74) is 2.08. The van der Waals surface area contributed by atoms with Crippen LogP contribution in [0.15, 0.2) is 41.7 Å². The Morgan fingerprint density at radius 2 is 1.88 bits per heavy atom. The normalized spacial score (nSPS) is 24.2. The van der Waals surface area contributed by atoms with Crippen molar-refractivity contribution in [2.24, 2.45) is 5.92 Å². The maximum absolute atomic E-state index is 13.7. The lowest BCUT2D eigenvalue weighted by atomic mass is 10.0. The number of nitrogens with zero attached hydrogens (tertiary/aromatic N) is 2. The predicted octanol–water partition coefficient (Wildman–Crippen LogP) is 3.68. The van der Waals surface area contributed by atoms with E-state index in [4.69, 9.17) is 4.74 Å². The Labute approximate surface area is 147 Å². The molecule has 2 aliphatic heterocycles. The summed E-state index contributed by atoms with van der Waals surface area (Å²) in [6.45, 7) is 5.92. The van der Waals surface area contributed by atoms with Crippen LogP contribution < -0.4 is 0 Å². The fourth-order valence-electron chi connectivity index (χ4n) is 3.76. The van der Waals surface area contributed by atoms with Crippen molar-refractivity contribution in [3.8, 4) is 0 Å². The maximum Gasteiger partial charge on any atom is 0.159 e. The van der Waals surface area contributed by atoms with Crippen LogP contribution in [-0.2, 0) is 11.3 Å². The van der Waals surface area contributed by atoms with E-state index in [9.17, 15) is 8.78 Å². The summed E-state index contributed by atoms with van der Waals surface area (Å²) in [5.74, 6) is 0.275. The van der Waals surface area contributed by atoms with Gasteiger partial charge in [0.15, 0.2) is 11.6 Å². The van der Waals surface area contributed by atoms with Gasteiger partial charge in [0, 0.05) is 19.6 Å². The molecule has 2 heterocycles. The summed E-state index contributed by atoms with van der Waals surface area (Å²) in [4.78, 5) is 4.72. The van der Waals surface area contributed by atoms with Gasteiger partial charge in [-0.15, -0.1) is 0 Å². The summed E-state index contributed by atoms with van der Waals surface area (Å²) in [7, 11) is 0. The molecule has 4 rings (SSSR count). The Bertz CT molecular complexity index is 706. The number of allylic oxidation sites excluding steroid dienone is 2. The van der Waals surface area contributed by atoms with Crippen LogP contribution in [-0.4, -0.2) is 42.1 Å². The van der Waals surface area contributed by atoms with E-state index in [0.717, 1.165) is 31.9 Å². The van der Waals surface area contributed by atoms with Gasteiger partial charge in [0.1, 0.15) is 5.82 Å². The highest BCUT2D eigenvalue weighted by molar-refractivity contribution is 5.31. The van der Waals surface area contributed by atoms with Crippen LogP contribution in [0.4, 0.5) is 8.78 Å². The first-order valence-electron chi connectivity index (χ1n) is 9.05. The topological polar surface area (TPSA) is 15.7 Å². The first-order chi connectivity index (χ1) is 12.1. The molecular weight excluding hydrogens is 322 g/mol. The lowest BCUT2D eigenvalue weighted by Gasteiger charge is -2.43. The van der Waals surface area contributed by atoms with Crippen LogP contribution >= 0.6 is 0 Å². The van der Waals surface area contributed by atoms with Crippen molar-refractivity contribution in [3.63, 3.8) is 0 Å². The van der Waals surface area contributed by atoms with Crippen LogP contribution in [0.5, 0.6) is 0 Å². The average molecular weight is 346 g/mol. The number of benzene rings is 1. The molecule has 1 saturated heterocycles. The molecule has 5 heteroatoms. The van der Waals surface area contributed by atoms with Crippen LogP contribution in [0.25, 0.3) is 0 Å². The van der Waals surface area contributed by atoms with E-state index in [1.54, 1.807) is 6.07 Å². The van der Waals surface area contributed by atoms with Gasteiger partial charge in [0.2, 0.25) is 0 Å². The number of halogens is 2. The molecule has 25 heavy (non-hydrogen) atoms. The van der Waals surface area contributed by atoms with E-state index in [2.05, 4.69) is 28.9 Å². The number of morpholine rings is 1. The molecule has 1 unspecified atom stereocenters. The molecule has 0 spiro atoms. The van der Waals surface area contributed by atoms with Crippen LogP contribution in [0.3, 0.4) is 0 Å². The molecule has 1 saturated carbocycles. The van der Waals surface area contributed by atoms with Crippen molar-refractivity contribution in [1.29, 1.82) is 0 Å². The first kappa shape index (κ1) is 16.6. The van der Waals surface area contributed by atoms with Gasteiger partial charge in [0.25, 0.3) is 0 Å². The summed E-state index contributed by atoms with van der Waals surface area (Å²) < 4.78 is 32.4. The predicted molar refractivity (Wildman–Crippen MR) is 92.6 cm³/mol. The molecular formula is C20H24F2N2O. The summed E-state index contributed by atoms with van der Waals surface area (Å²) in [6.07, 6.45) is 7.00. The second-order valence-corrected chi connectivity index (χ2v) is 7.22. The molecule has 0 amide bonds. The van der Waals surface area contributed by atoms with Crippen molar-refractivity contribution in [1.82, 2.24) is 9.80 Å². The molecule has 2 fully saturated rings. The molecule has 1 aliphatic carbocycles. The van der Waals surface area contributed by atoms with Crippen molar-refractivity contribution in [3.05, 3.63) is 58.9 Å². The van der Waals surface area contributed by atoms with E-state index in [1.807, 2.05) is 0 Å². The second-order valence-electron chi connectivity index (χ2n) is 7.22. The summed E-state index contributed by atoms with van der Waals surface area (Å²) >= 11 is 0. The fraction of sp³-hybridized carbons (Fsp3) is 0.500. The molecule has 0 bridgehead atoms.